The van der Waals surface area contributed by atoms with Gasteiger partial charge in [0.15, 0.2) is 6.54 Å². The average molecular weight is 698 g/mol. The molecule has 0 saturated heterocycles. The Balaban J connectivity index is 1.41. The molecule has 9 nitrogen and oxygen atoms in total. The number of rotatable bonds is 12. The van der Waals surface area contributed by atoms with Crippen LogP contribution in [0.1, 0.15) is 32.1 Å². The first-order valence-electron chi connectivity index (χ1n) is 14.8. The Kier molecular flexibility index (Phi) is 9.42. The highest BCUT2D eigenvalue weighted by Crippen LogP contribution is 2.48. The Morgan fingerprint density at radius 1 is 0.957 bits per heavy atom. The van der Waals surface area contributed by atoms with Crippen molar-refractivity contribution >= 4 is 77.0 Å². The number of oxazole rings is 1. The van der Waals surface area contributed by atoms with E-state index in [1.807, 2.05) is 65.4 Å². The molecule has 0 unspecified atom stereocenters. The van der Waals surface area contributed by atoms with Crippen LogP contribution in [-0.2, 0) is 26.8 Å². The van der Waals surface area contributed by atoms with Gasteiger partial charge in [0.2, 0.25) is 5.58 Å². The van der Waals surface area contributed by atoms with Gasteiger partial charge in [-0.05, 0) is 71.2 Å². The molecule has 0 radical (unpaired) electrons. The summed E-state index contributed by atoms with van der Waals surface area (Å²) in [5, 5.41) is 4.94. The molecule has 6 rings (SSSR count). The number of fused-ring (bicyclic) bond motifs is 4. The lowest BCUT2D eigenvalue weighted by atomic mass is 10.1. The molecule has 1 aliphatic rings. The third-order valence-electron chi connectivity index (χ3n) is 7.74. The van der Waals surface area contributed by atoms with E-state index < -0.39 is 20.2 Å². The van der Waals surface area contributed by atoms with Crippen molar-refractivity contribution in [2.24, 2.45) is 0 Å². The molecule has 3 heterocycles. The normalized spacial score (nSPS) is 15.0. The van der Waals surface area contributed by atoms with Gasteiger partial charge in [0.1, 0.15) is 0 Å². The molecule has 0 spiro atoms. The second kappa shape index (κ2) is 13.3. The van der Waals surface area contributed by atoms with Crippen molar-refractivity contribution in [3.63, 3.8) is 0 Å². The number of aromatic nitrogens is 1. The lowest BCUT2D eigenvalue weighted by molar-refractivity contribution is -0.677. The summed E-state index contributed by atoms with van der Waals surface area (Å²) in [4.78, 5) is 4.27. The van der Waals surface area contributed by atoms with Gasteiger partial charge in [-0.3, -0.25) is 9.11 Å². The molecule has 0 aliphatic carbocycles. The van der Waals surface area contributed by atoms with Crippen molar-refractivity contribution in [2.45, 2.75) is 37.6 Å². The summed E-state index contributed by atoms with van der Waals surface area (Å²) in [6, 6.07) is 22.2. The number of anilines is 1. The van der Waals surface area contributed by atoms with Gasteiger partial charge in [-0.15, -0.1) is 11.3 Å². The first-order valence-corrected chi connectivity index (χ1v) is 19.7. The van der Waals surface area contributed by atoms with E-state index in [0.717, 1.165) is 47.9 Å². The molecule has 240 valence electrons. The van der Waals surface area contributed by atoms with Crippen LogP contribution in [0.5, 0.6) is 0 Å². The van der Waals surface area contributed by atoms with Crippen LogP contribution in [0.4, 0.5) is 5.69 Å². The lowest BCUT2D eigenvalue weighted by Gasteiger charge is -2.21. The number of thiophene rings is 1. The molecule has 2 N–H and O–H groups in total. The van der Waals surface area contributed by atoms with Crippen LogP contribution in [0.3, 0.4) is 0 Å². The number of hydrogen-bond acceptors (Lipinski definition) is 8. The van der Waals surface area contributed by atoms with E-state index in [1.54, 1.807) is 23.1 Å². The molecule has 46 heavy (non-hydrogen) atoms. The molecule has 13 heteroatoms. The van der Waals surface area contributed by atoms with Crippen molar-refractivity contribution in [3.8, 4) is 10.4 Å². The minimum Gasteiger partial charge on any atom is -0.398 e. The van der Waals surface area contributed by atoms with Gasteiger partial charge in [-0.1, -0.05) is 55.1 Å². The maximum Gasteiger partial charge on any atom is 0.374 e. The fourth-order valence-electron chi connectivity index (χ4n) is 5.61. The fourth-order valence-corrected chi connectivity index (χ4v) is 8.47. The first-order chi connectivity index (χ1) is 22.0. The molecule has 0 atom stereocenters. The summed E-state index contributed by atoms with van der Waals surface area (Å²) in [7, 11) is -8.23. The highest BCUT2D eigenvalue weighted by Gasteiger charge is 2.28. The molecular formula is C33H33N2O7S4+. The number of benzene rings is 3. The van der Waals surface area contributed by atoms with Gasteiger partial charge in [-0.25, -0.2) is 0 Å². The Morgan fingerprint density at radius 2 is 1.74 bits per heavy atom. The Bertz CT molecular complexity index is 2190. The topological polar surface area (TPSA) is 129 Å². The minimum absolute atomic E-state index is 0.198. The molecule has 3 aromatic carbocycles. The van der Waals surface area contributed by atoms with Crippen LogP contribution in [-0.4, -0.2) is 44.0 Å². The van der Waals surface area contributed by atoms with E-state index in [4.69, 9.17) is 4.42 Å². The van der Waals surface area contributed by atoms with Crippen molar-refractivity contribution in [1.82, 2.24) is 0 Å². The SMILES string of the molecule is CCC(/C=C1\Sc2ccc(-c3cccs3)cc2N1CCCS(=O)(=O)O)=C\c1oc2ccc3ccccc3c2[n+]1CCCS(=O)(=O)O. The lowest BCUT2D eigenvalue weighted by Crippen LogP contribution is -2.36. The van der Waals surface area contributed by atoms with Crippen LogP contribution in [0.25, 0.3) is 38.4 Å². The Hall–Kier alpha value is -3.46. The fraction of sp³-hybridized carbons (Fsp3) is 0.242. The van der Waals surface area contributed by atoms with Gasteiger partial charge < -0.3 is 9.32 Å². The maximum atomic E-state index is 11.5. The van der Waals surface area contributed by atoms with Crippen LogP contribution < -0.4 is 9.47 Å². The summed E-state index contributed by atoms with van der Waals surface area (Å²) in [6.45, 7) is 2.74. The van der Waals surface area contributed by atoms with Crippen LogP contribution in [0, 0.1) is 0 Å². The van der Waals surface area contributed by atoms with Crippen LogP contribution >= 0.6 is 23.1 Å². The smallest absolute Gasteiger partial charge is 0.374 e. The summed E-state index contributed by atoms with van der Waals surface area (Å²) in [5.41, 5.74) is 4.50. The van der Waals surface area contributed by atoms with E-state index >= 15 is 0 Å². The number of allylic oxidation sites excluding steroid dienone is 2. The van der Waals surface area contributed by atoms with E-state index in [-0.39, 0.29) is 24.3 Å². The average Bonchev–Trinajstić information content (AvgIpc) is 3.74. The molecule has 0 fully saturated rings. The van der Waals surface area contributed by atoms with Gasteiger partial charge >= 0.3 is 5.89 Å². The highest BCUT2D eigenvalue weighted by molar-refractivity contribution is 8.03. The zero-order valence-electron chi connectivity index (χ0n) is 25.0. The predicted octanol–water partition coefficient (Wildman–Crippen LogP) is 7.40. The van der Waals surface area contributed by atoms with E-state index in [2.05, 4.69) is 35.2 Å². The number of thioether (sulfide) groups is 1. The summed E-state index contributed by atoms with van der Waals surface area (Å²) in [5.74, 6) is -0.158. The number of aryl methyl sites for hydroxylation is 1. The largest absolute Gasteiger partial charge is 0.398 e. The summed E-state index contributed by atoms with van der Waals surface area (Å²) < 4.78 is 73.2. The Labute approximate surface area is 276 Å². The standard InChI is InChI=1S/C33H32N2O7S4/c1-2-23(20-31-35(16-7-19-46(39,40)41)33-26-9-4-3-8-24(26)11-13-28(33)42-31)21-32-34(15-6-18-45(36,37)38)27-22-25(12-14-30(27)44-32)29-10-5-17-43-29/h3-5,8-14,17,20-22H,2,6-7,15-16,18-19H2,1H3,(H-,36,37,38,39,40,41)/p+1. The number of hydrogen-bond donors (Lipinski definition) is 2. The molecule has 0 bridgehead atoms. The Morgan fingerprint density at radius 3 is 2.48 bits per heavy atom. The molecule has 1 aliphatic heterocycles. The zero-order valence-corrected chi connectivity index (χ0v) is 28.3. The zero-order chi connectivity index (χ0) is 32.5. The second-order valence-corrected chi connectivity index (χ2v) is 16.1. The maximum absolute atomic E-state index is 11.5. The second-order valence-electron chi connectivity index (χ2n) is 11.0. The molecule has 2 aromatic heterocycles. The van der Waals surface area contributed by atoms with Gasteiger partial charge in [0.05, 0.1) is 33.7 Å². The third-order valence-corrected chi connectivity index (χ3v) is 11.4. The minimum atomic E-state index is -4.13. The van der Waals surface area contributed by atoms with Gasteiger partial charge in [-0.2, -0.15) is 21.4 Å². The molecule has 0 amide bonds. The molecular weight excluding hydrogens is 665 g/mol. The molecule has 0 saturated carbocycles. The van der Waals surface area contributed by atoms with Crippen LogP contribution in [0.15, 0.2) is 98.1 Å². The van der Waals surface area contributed by atoms with Crippen molar-refractivity contribution < 1.29 is 34.9 Å². The van der Waals surface area contributed by atoms with E-state index in [0.29, 0.717) is 31.0 Å². The van der Waals surface area contributed by atoms with Crippen molar-refractivity contribution in [3.05, 3.63) is 94.7 Å². The molecule has 5 aromatic rings. The summed E-state index contributed by atoms with van der Waals surface area (Å²) >= 11 is 3.25. The first kappa shape index (κ1) is 32.5. The van der Waals surface area contributed by atoms with Crippen molar-refractivity contribution in [2.75, 3.05) is 23.0 Å². The predicted molar refractivity (Wildman–Crippen MR) is 185 cm³/mol. The quantitative estimate of drug-likeness (QED) is 0.101. The van der Waals surface area contributed by atoms with Gasteiger partial charge in [0.25, 0.3) is 25.8 Å². The van der Waals surface area contributed by atoms with E-state index in [9.17, 15) is 25.9 Å². The third kappa shape index (κ3) is 7.40. The number of nitrogens with zero attached hydrogens (tertiary/aromatic N) is 2. The van der Waals surface area contributed by atoms with Crippen molar-refractivity contribution in [1.29, 1.82) is 0 Å². The van der Waals surface area contributed by atoms with Crippen LogP contribution in [0.2, 0.25) is 0 Å². The monoisotopic (exact) mass is 697 g/mol. The van der Waals surface area contributed by atoms with Gasteiger partial charge in [0, 0.05) is 22.7 Å². The highest BCUT2D eigenvalue weighted by atomic mass is 32.2. The summed E-state index contributed by atoms with van der Waals surface area (Å²) in [6.07, 6.45) is 5.12. The van der Waals surface area contributed by atoms with E-state index in [1.165, 1.54) is 0 Å².